The van der Waals surface area contributed by atoms with E-state index in [1.807, 2.05) is 0 Å². The van der Waals surface area contributed by atoms with Crippen molar-refractivity contribution in [1.29, 1.82) is 0 Å². The lowest BCUT2D eigenvalue weighted by atomic mass is 10.0. The van der Waals surface area contributed by atoms with Gasteiger partial charge in [0.05, 0.1) is 6.04 Å². The zero-order valence-corrected chi connectivity index (χ0v) is 44.4. The third-order valence-electron chi connectivity index (χ3n) is 13.8. The summed E-state index contributed by atoms with van der Waals surface area (Å²) in [4.78, 5) is 15.5. The van der Waals surface area contributed by atoms with Crippen LogP contribution in [0.25, 0.3) is 0 Å². The van der Waals surface area contributed by atoms with Crippen molar-refractivity contribution in [1.82, 2.24) is 4.90 Å². The summed E-state index contributed by atoms with van der Waals surface area (Å²) in [6.07, 6.45) is 29.2. The summed E-state index contributed by atoms with van der Waals surface area (Å²) in [5, 5.41) is 0. The number of anilines is 8. The molecule has 0 saturated carbocycles. The van der Waals surface area contributed by atoms with Crippen molar-refractivity contribution in [2.24, 2.45) is 0 Å². The SMILES string of the molecule is CCCCN(CCCC)c1ccc(N(c2ccc(N(CCCC)CCCC)cc2)C2C=CC([N+](c3ccc(N(CCCC)CCCC)cc3)c3ccc(N(CCCC)CCCC)cc3)C=C2)cc1. The Labute approximate surface area is 417 Å². The van der Waals surface area contributed by atoms with Gasteiger partial charge >= 0.3 is 0 Å². The Bertz CT molecular complexity index is 1650. The third kappa shape index (κ3) is 16.2. The van der Waals surface area contributed by atoms with Gasteiger partial charge < -0.3 is 24.5 Å². The van der Waals surface area contributed by atoms with Gasteiger partial charge in [0.2, 0.25) is 0 Å². The molecule has 0 aliphatic heterocycles. The van der Waals surface area contributed by atoms with Crippen LogP contribution in [0.15, 0.2) is 121 Å². The number of benzene rings is 4. The number of unbranched alkanes of at least 4 members (excludes halogenated alkanes) is 8. The van der Waals surface area contributed by atoms with E-state index in [-0.39, 0.29) is 12.1 Å². The van der Waals surface area contributed by atoms with Crippen LogP contribution in [-0.4, -0.2) is 64.4 Å². The third-order valence-corrected chi connectivity index (χ3v) is 13.8. The monoisotopic (exact) mass is 923 g/mol. The van der Waals surface area contributed by atoms with E-state index in [0.717, 1.165) is 52.4 Å². The second-order valence-electron chi connectivity index (χ2n) is 19.3. The topological polar surface area (TPSA) is 22.1 Å². The van der Waals surface area contributed by atoms with E-state index < -0.39 is 0 Å². The Morgan fingerprint density at radius 2 is 0.515 bits per heavy atom. The highest BCUT2D eigenvalue weighted by Gasteiger charge is 2.33. The molecule has 0 fully saturated rings. The van der Waals surface area contributed by atoms with Gasteiger partial charge in [0, 0.05) is 111 Å². The summed E-state index contributed by atoms with van der Waals surface area (Å²) in [6.45, 7) is 27.2. The molecular weight excluding hydrogens is 829 g/mol. The average Bonchev–Trinajstić information content (AvgIpc) is 3.38. The molecule has 0 atom stereocenters. The summed E-state index contributed by atoms with van der Waals surface area (Å²) < 4.78 is 0. The first-order chi connectivity index (χ1) is 33.4. The summed E-state index contributed by atoms with van der Waals surface area (Å²) in [5.74, 6) is 0. The van der Waals surface area contributed by atoms with Crippen LogP contribution in [0.2, 0.25) is 0 Å². The van der Waals surface area contributed by atoms with Crippen LogP contribution in [0.1, 0.15) is 158 Å². The van der Waals surface area contributed by atoms with Gasteiger partial charge in [0.1, 0.15) is 0 Å². The van der Waals surface area contributed by atoms with Crippen molar-refractivity contribution >= 4 is 45.5 Å². The van der Waals surface area contributed by atoms with Gasteiger partial charge in [-0.05, 0) is 136 Å². The van der Waals surface area contributed by atoms with Crippen LogP contribution in [0.4, 0.5) is 45.5 Å². The molecule has 0 saturated heterocycles. The second kappa shape index (κ2) is 30.7. The Morgan fingerprint density at radius 3 is 0.750 bits per heavy atom. The number of rotatable bonds is 34. The van der Waals surface area contributed by atoms with Gasteiger partial charge in [0.15, 0.2) is 17.4 Å². The van der Waals surface area contributed by atoms with Crippen LogP contribution >= 0.6 is 0 Å². The van der Waals surface area contributed by atoms with E-state index in [0.29, 0.717) is 0 Å². The van der Waals surface area contributed by atoms with Gasteiger partial charge in [-0.1, -0.05) is 124 Å². The zero-order valence-electron chi connectivity index (χ0n) is 44.4. The molecule has 68 heavy (non-hydrogen) atoms. The van der Waals surface area contributed by atoms with Gasteiger partial charge in [-0.25, -0.2) is 0 Å². The Morgan fingerprint density at radius 1 is 0.294 bits per heavy atom. The summed E-state index contributed by atoms with van der Waals surface area (Å²) in [7, 11) is 0. The maximum absolute atomic E-state index is 2.59. The van der Waals surface area contributed by atoms with Crippen molar-refractivity contribution in [2.45, 2.75) is 170 Å². The summed E-state index contributed by atoms with van der Waals surface area (Å²) in [6, 6.07) is 37.9. The van der Waals surface area contributed by atoms with Crippen LogP contribution in [0, 0.1) is 0 Å². The van der Waals surface area contributed by atoms with Crippen LogP contribution in [0.5, 0.6) is 0 Å². The maximum Gasteiger partial charge on any atom is 0.187 e. The molecule has 4 aromatic carbocycles. The lowest BCUT2D eigenvalue weighted by molar-refractivity contribution is 0.652. The highest BCUT2D eigenvalue weighted by atomic mass is 15.2. The lowest BCUT2D eigenvalue weighted by Gasteiger charge is -2.34. The fourth-order valence-electron chi connectivity index (χ4n) is 9.48. The molecule has 1 aliphatic rings. The average molecular weight is 923 g/mol. The molecule has 371 valence electrons. The molecule has 6 nitrogen and oxygen atoms in total. The number of hydrogen-bond acceptors (Lipinski definition) is 6. The fourth-order valence-corrected chi connectivity index (χ4v) is 9.48. The molecular formula is C62H94N6+. The number of hydrogen-bond donors (Lipinski definition) is 0. The molecule has 0 bridgehead atoms. The van der Waals surface area contributed by atoms with E-state index in [2.05, 4.69) is 206 Å². The first-order valence-corrected chi connectivity index (χ1v) is 27.8. The van der Waals surface area contributed by atoms with Gasteiger partial charge in [-0.15, -0.1) is 0 Å². The van der Waals surface area contributed by atoms with Crippen LogP contribution in [0.3, 0.4) is 0 Å². The molecule has 0 N–H and O–H groups in total. The molecule has 1 aliphatic carbocycles. The Hall–Kier alpha value is -4.68. The normalized spacial score (nSPS) is 14.4. The fraction of sp³-hybridized carbons (Fsp3) is 0.548. The molecule has 5 rings (SSSR count). The second-order valence-corrected chi connectivity index (χ2v) is 19.3. The lowest BCUT2D eigenvalue weighted by Crippen LogP contribution is -2.35. The molecule has 1 radical (unpaired) electrons. The van der Waals surface area contributed by atoms with Crippen LogP contribution in [-0.2, 0) is 0 Å². The maximum atomic E-state index is 2.59. The minimum absolute atomic E-state index is 0.0542. The van der Waals surface area contributed by atoms with E-state index in [9.17, 15) is 0 Å². The molecule has 6 heteroatoms. The van der Waals surface area contributed by atoms with Crippen molar-refractivity contribution < 1.29 is 0 Å². The van der Waals surface area contributed by atoms with Crippen molar-refractivity contribution in [2.75, 3.05) is 76.9 Å². The van der Waals surface area contributed by atoms with Gasteiger partial charge in [0.25, 0.3) is 0 Å². The predicted octanol–water partition coefficient (Wildman–Crippen LogP) is 17.1. The zero-order chi connectivity index (χ0) is 48.4. The molecule has 0 spiro atoms. The minimum Gasteiger partial charge on any atom is -0.372 e. The first-order valence-electron chi connectivity index (χ1n) is 27.8. The highest BCUT2D eigenvalue weighted by molar-refractivity contribution is 5.71. The molecule has 0 unspecified atom stereocenters. The highest BCUT2D eigenvalue weighted by Crippen LogP contribution is 2.37. The van der Waals surface area contributed by atoms with Crippen LogP contribution < -0.4 is 29.4 Å². The first kappa shape index (κ1) is 54.3. The minimum atomic E-state index is 0.0542. The molecule has 0 aromatic heterocycles. The van der Waals surface area contributed by atoms with Crippen molar-refractivity contribution in [3.63, 3.8) is 0 Å². The van der Waals surface area contributed by atoms with E-state index in [4.69, 9.17) is 0 Å². The summed E-state index contributed by atoms with van der Waals surface area (Å²) >= 11 is 0. The Balaban J connectivity index is 1.53. The smallest absolute Gasteiger partial charge is 0.187 e. The number of nitrogens with zero attached hydrogens (tertiary/aromatic N) is 6. The molecule has 4 aromatic rings. The van der Waals surface area contributed by atoms with Crippen molar-refractivity contribution in [3.8, 4) is 0 Å². The Kier molecular flexibility index (Phi) is 24.5. The van der Waals surface area contributed by atoms with E-state index >= 15 is 0 Å². The predicted molar refractivity (Wildman–Crippen MR) is 303 cm³/mol. The van der Waals surface area contributed by atoms with E-state index in [1.54, 1.807) is 0 Å². The van der Waals surface area contributed by atoms with Gasteiger partial charge in [-0.3, -0.25) is 0 Å². The largest absolute Gasteiger partial charge is 0.372 e. The van der Waals surface area contributed by atoms with Crippen molar-refractivity contribution in [3.05, 3.63) is 121 Å². The standard InChI is InChI=1S/C62H94N6/c1-9-17-45-63(46-18-10-2)53-25-33-57(34-26-53)67(58-35-27-54(28-36-58)64(47-19-11-3)48-20-12-4)61-41-43-62(44-42-61)68(59-37-29-55(30-38-59)65(49-21-13-5)50-22-14-6)60-39-31-56(32-40-60)66(51-23-15-7)52-24-16-8/h25-44,61-62H,9-24,45-52H2,1-8H3/q+1. The molecule has 0 heterocycles. The molecule has 0 amide bonds. The van der Waals surface area contributed by atoms with Gasteiger partial charge in [-0.2, -0.15) is 0 Å². The summed E-state index contributed by atoms with van der Waals surface area (Å²) in [5.41, 5.74) is 10.2. The van der Waals surface area contributed by atoms with E-state index in [1.165, 1.54) is 148 Å². The quantitative estimate of drug-likeness (QED) is 0.0343.